The van der Waals surface area contributed by atoms with E-state index in [9.17, 15) is 13.2 Å². The van der Waals surface area contributed by atoms with Gasteiger partial charge in [-0.05, 0) is 25.1 Å². The second-order valence-corrected chi connectivity index (χ2v) is 6.20. The zero-order chi connectivity index (χ0) is 17.2. The topological polar surface area (TPSA) is 150 Å². The van der Waals surface area contributed by atoms with E-state index in [-0.39, 0.29) is 39.3 Å². The van der Waals surface area contributed by atoms with E-state index in [2.05, 4.69) is 14.7 Å². The highest BCUT2D eigenvalue weighted by Gasteiger charge is 2.23. The number of sulfonamides is 1. The molecular weight excluding hydrogens is 322 g/mol. The van der Waals surface area contributed by atoms with Crippen LogP contribution >= 0.6 is 0 Å². The van der Waals surface area contributed by atoms with Crippen molar-refractivity contribution in [1.29, 1.82) is 0 Å². The van der Waals surface area contributed by atoms with Gasteiger partial charge in [0.05, 0.1) is 7.11 Å². The van der Waals surface area contributed by atoms with Crippen LogP contribution in [0.1, 0.15) is 17.3 Å². The molecule has 0 fully saturated rings. The first-order valence-corrected chi connectivity index (χ1v) is 7.82. The maximum atomic E-state index is 12.6. The van der Waals surface area contributed by atoms with Crippen molar-refractivity contribution < 1.29 is 17.9 Å². The Hall–Kier alpha value is -2.88. The lowest BCUT2D eigenvalue weighted by Gasteiger charge is -2.14. The lowest BCUT2D eigenvalue weighted by molar-refractivity contribution is 0.101. The van der Waals surface area contributed by atoms with Gasteiger partial charge < -0.3 is 16.2 Å². The number of benzene rings is 1. The Bertz CT molecular complexity index is 846. The van der Waals surface area contributed by atoms with Gasteiger partial charge in [-0.15, -0.1) is 0 Å². The maximum absolute atomic E-state index is 12.6. The van der Waals surface area contributed by atoms with Gasteiger partial charge in [0.2, 0.25) is 0 Å². The summed E-state index contributed by atoms with van der Waals surface area (Å²) in [7, 11) is -2.81. The van der Waals surface area contributed by atoms with Crippen LogP contribution in [0.3, 0.4) is 0 Å². The van der Waals surface area contributed by atoms with E-state index in [1.54, 1.807) is 0 Å². The molecule has 2 rings (SSSR count). The molecule has 23 heavy (non-hydrogen) atoms. The smallest absolute Gasteiger partial charge is 0.265 e. The molecule has 0 amide bonds. The Morgan fingerprint density at radius 3 is 2.35 bits per heavy atom. The van der Waals surface area contributed by atoms with Crippen LogP contribution in [0.2, 0.25) is 0 Å². The van der Waals surface area contributed by atoms with Crippen molar-refractivity contribution in [2.24, 2.45) is 0 Å². The molecule has 0 atom stereocenters. The van der Waals surface area contributed by atoms with E-state index in [1.807, 2.05) is 0 Å². The molecule has 0 aliphatic carbocycles. The van der Waals surface area contributed by atoms with Gasteiger partial charge in [-0.2, -0.15) is 0 Å². The summed E-state index contributed by atoms with van der Waals surface area (Å²) in [4.78, 5) is 18.6. The summed E-state index contributed by atoms with van der Waals surface area (Å²) in [6.45, 7) is 1.33. The fraction of sp³-hybridized carbons (Fsp3) is 0.154. The van der Waals surface area contributed by atoms with Crippen LogP contribution in [-0.4, -0.2) is 31.3 Å². The average molecular weight is 337 g/mol. The van der Waals surface area contributed by atoms with E-state index in [0.29, 0.717) is 0 Å². The van der Waals surface area contributed by atoms with Crippen molar-refractivity contribution in [3.63, 3.8) is 0 Å². The predicted octanol–water partition coefficient (Wildman–Crippen LogP) is 0.653. The van der Waals surface area contributed by atoms with Crippen molar-refractivity contribution in [3.8, 4) is 5.75 Å². The molecule has 0 saturated heterocycles. The molecule has 1 aromatic heterocycles. The van der Waals surface area contributed by atoms with Gasteiger partial charge in [0.15, 0.2) is 17.4 Å². The number of nitrogens with one attached hydrogen (secondary N) is 1. The zero-order valence-electron chi connectivity index (χ0n) is 12.4. The summed E-state index contributed by atoms with van der Waals surface area (Å²) in [5.41, 5.74) is 11.3. The second-order valence-electron chi connectivity index (χ2n) is 4.55. The third-order valence-corrected chi connectivity index (χ3v) is 4.37. The fourth-order valence-corrected chi connectivity index (χ4v) is 3.10. The predicted molar refractivity (Wildman–Crippen MR) is 84.7 cm³/mol. The van der Waals surface area contributed by atoms with Gasteiger partial charge in [-0.25, -0.2) is 18.4 Å². The van der Waals surface area contributed by atoms with Gasteiger partial charge in [0.25, 0.3) is 10.0 Å². The summed E-state index contributed by atoms with van der Waals surface area (Å²) in [6, 6.07) is 4.06. The number of anilines is 3. The number of aromatic nitrogens is 2. The molecule has 2 aromatic rings. The number of ether oxygens (including phenoxy) is 1. The number of Topliss-reactive ketones (excluding diaryl/α,β-unsaturated/α-hetero) is 1. The largest absolute Gasteiger partial charge is 0.495 e. The SMILES string of the molecule is COc1ccc(C(C)=O)cc1S(=O)(=O)Nc1c(N)ncnc1N. The summed E-state index contributed by atoms with van der Waals surface area (Å²) < 4.78 is 32.4. The molecule has 122 valence electrons. The number of nitrogen functional groups attached to an aromatic ring is 2. The summed E-state index contributed by atoms with van der Waals surface area (Å²) in [6.07, 6.45) is 1.11. The lowest BCUT2D eigenvalue weighted by atomic mass is 10.1. The van der Waals surface area contributed by atoms with Gasteiger partial charge in [0.1, 0.15) is 22.7 Å². The van der Waals surface area contributed by atoms with Gasteiger partial charge >= 0.3 is 0 Å². The molecule has 0 unspecified atom stereocenters. The molecule has 1 aromatic carbocycles. The number of methoxy groups -OCH3 is 1. The van der Waals surface area contributed by atoms with E-state index in [0.717, 1.165) is 6.33 Å². The summed E-state index contributed by atoms with van der Waals surface area (Å²) in [5, 5.41) is 0. The first kappa shape index (κ1) is 16.5. The molecular formula is C13H15N5O4S. The average Bonchev–Trinajstić information content (AvgIpc) is 2.50. The van der Waals surface area contributed by atoms with E-state index in [4.69, 9.17) is 16.2 Å². The van der Waals surface area contributed by atoms with Gasteiger partial charge in [-0.3, -0.25) is 9.52 Å². The summed E-state index contributed by atoms with van der Waals surface area (Å²) in [5.74, 6) is -0.465. The number of ketones is 1. The molecule has 9 nitrogen and oxygen atoms in total. The molecule has 10 heteroatoms. The number of carbonyl (C=O) groups excluding carboxylic acids is 1. The minimum Gasteiger partial charge on any atom is -0.495 e. The molecule has 0 bridgehead atoms. The van der Waals surface area contributed by atoms with Crippen molar-refractivity contribution in [1.82, 2.24) is 9.97 Å². The number of rotatable bonds is 5. The van der Waals surface area contributed by atoms with Crippen LogP contribution in [-0.2, 0) is 10.0 Å². The van der Waals surface area contributed by atoms with Crippen LogP contribution in [0, 0.1) is 0 Å². The van der Waals surface area contributed by atoms with Crippen LogP contribution in [0.4, 0.5) is 17.3 Å². The van der Waals surface area contributed by atoms with E-state index in [1.165, 1.54) is 32.2 Å². The Morgan fingerprint density at radius 1 is 1.22 bits per heavy atom. The Balaban J connectivity index is 2.55. The normalized spacial score (nSPS) is 11.0. The van der Waals surface area contributed by atoms with Crippen molar-refractivity contribution in [2.45, 2.75) is 11.8 Å². The molecule has 0 spiro atoms. The summed E-state index contributed by atoms with van der Waals surface area (Å²) >= 11 is 0. The third kappa shape index (κ3) is 3.31. The van der Waals surface area contributed by atoms with Crippen LogP contribution < -0.4 is 20.9 Å². The molecule has 1 heterocycles. The molecule has 0 aliphatic heterocycles. The Kier molecular flexibility index (Phi) is 4.36. The number of carbonyl (C=O) groups is 1. The number of nitrogens with zero attached hydrogens (tertiary/aromatic N) is 2. The minimum atomic E-state index is -4.12. The van der Waals surface area contributed by atoms with Crippen LogP contribution in [0.25, 0.3) is 0 Å². The van der Waals surface area contributed by atoms with Crippen LogP contribution in [0.5, 0.6) is 5.75 Å². The highest BCUT2D eigenvalue weighted by molar-refractivity contribution is 7.92. The quantitative estimate of drug-likeness (QED) is 0.673. The third-order valence-electron chi connectivity index (χ3n) is 3.00. The minimum absolute atomic E-state index is 0.0662. The maximum Gasteiger partial charge on any atom is 0.265 e. The van der Waals surface area contributed by atoms with Crippen molar-refractivity contribution in [3.05, 3.63) is 30.1 Å². The highest BCUT2D eigenvalue weighted by atomic mass is 32.2. The Labute approximate surface area is 132 Å². The molecule has 5 N–H and O–H groups in total. The molecule has 0 radical (unpaired) electrons. The highest BCUT2D eigenvalue weighted by Crippen LogP contribution is 2.30. The van der Waals surface area contributed by atoms with Gasteiger partial charge in [-0.1, -0.05) is 0 Å². The number of hydrogen-bond donors (Lipinski definition) is 3. The monoisotopic (exact) mass is 337 g/mol. The lowest BCUT2D eigenvalue weighted by Crippen LogP contribution is -2.18. The van der Waals surface area contributed by atoms with Crippen LogP contribution in [0.15, 0.2) is 29.4 Å². The number of nitrogens with two attached hydrogens (primary N) is 2. The standard InChI is InChI=1S/C13H15N5O4S/c1-7(19)8-3-4-9(22-2)10(5-8)23(20,21)18-11-12(14)16-6-17-13(11)15/h3-6,18H,1-2H3,(H4,14,15,16,17). The van der Waals surface area contributed by atoms with Gasteiger partial charge in [0, 0.05) is 5.56 Å². The second kappa shape index (κ2) is 6.08. The van der Waals surface area contributed by atoms with E-state index >= 15 is 0 Å². The molecule has 0 aliphatic rings. The van der Waals surface area contributed by atoms with E-state index < -0.39 is 10.0 Å². The van der Waals surface area contributed by atoms with Crippen molar-refractivity contribution in [2.75, 3.05) is 23.3 Å². The first-order valence-electron chi connectivity index (χ1n) is 6.34. The number of hydrogen-bond acceptors (Lipinski definition) is 8. The molecule has 0 saturated carbocycles. The first-order chi connectivity index (χ1) is 10.8. The van der Waals surface area contributed by atoms with Crippen molar-refractivity contribution >= 4 is 33.1 Å². The fourth-order valence-electron chi connectivity index (χ4n) is 1.81. The zero-order valence-corrected chi connectivity index (χ0v) is 13.2. The Morgan fingerprint density at radius 2 is 1.83 bits per heavy atom.